The summed E-state index contributed by atoms with van der Waals surface area (Å²) in [7, 11) is 0. The van der Waals surface area contributed by atoms with Gasteiger partial charge in [0.05, 0.1) is 19.3 Å². The first-order chi connectivity index (χ1) is 13.2. The molecule has 0 radical (unpaired) electrons. The van der Waals surface area contributed by atoms with Crippen molar-refractivity contribution in [2.75, 3.05) is 25.0 Å². The Hall–Kier alpha value is -2.48. The van der Waals surface area contributed by atoms with Crippen LogP contribution < -0.4 is 11.1 Å². The van der Waals surface area contributed by atoms with Crippen molar-refractivity contribution in [2.45, 2.75) is 18.5 Å². The van der Waals surface area contributed by atoms with Crippen LogP contribution in [-0.4, -0.2) is 46.3 Å². The predicted molar refractivity (Wildman–Crippen MR) is 108 cm³/mol. The number of rotatable bonds is 6. The van der Waals surface area contributed by atoms with Gasteiger partial charge in [-0.1, -0.05) is 36.4 Å². The summed E-state index contributed by atoms with van der Waals surface area (Å²) in [6.07, 6.45) is 1.71. The highest BCUT2D eigenvalue weighted by atomic mass is 32.1. The highest BCUT2D eigenvalue weighted by Gasteiger charge is 2.32. The standard InChI is InChI=1S/C20H23N5OS/c21-18-13-24(12-17(18)15-5-2-1-3-6-15)14-20(26)23-19-8-9-22-25(19)11-16-7-4-10-27-16/h1-10,17-18H,11-14,21H2,(H,23,26)/t17-,18+/m0/s1. The lowest BCUT2D eigenvalue weighted by Crippen LogP contribution is -2.34. The topological polar surface area (TPSA) is 76.2 Å². The molecule has 140 valence electrons. The molecule has 4 rings (SSSR count). The monoisotopic (exact) mass is 381 g/mol. The van der Waals surface area contributed by atoms with Crippen molar-refractivity contribution in [3.63, 3.8) is 0 Å². The van der Waals surface area contributed by atoms with E-state index in [1.165, 1.54) is 10.4 Å². The number of hydrogen-bond donors (Lipinski definition) is 2. The third-order valence-electron chi connectivity index (χ3n) is 4.91. The number of nitrogens with zero attached hydrogens (tertiary/aromatic N) is 3. The van der Waals surface area contributed by atoms with Gasteiger partial charge in [-0.25, -0.2) is 4.68 Å². The molecule has 0 unspecified atom stereocenters. The molecule has 27 heavy (non-hydrogen) atoms. The second-order valence-corrected chi connectivity index (χ2v) is 7.91. The van der Waals surface area contributed by atoms with Crippen LogP contribution in [0.4, 0.5) is 5.82 Å². The molecule has 1 aliphatic heterocycles. The minimum atomic E-state index is -0.0381. The van der Waals surface area contributed by atoms with E-state index in [1.54, 1.807) is 17.5 Å². The first-order valence-electron chi connectivity index (χ1n) is 9.06. The fourth-order valence-corrected chi connectivity index (χ4v) is 4.28. The Balaban J connectivity index is 1.35. The summed E-state index contributed by atoms with van der Waals surface area (Å²) in [6, 6.07) is 16.2. The Bertz CT molecular complexity index is 877. The lowest BCUT2D eigenvalue weighted by molar-refractivity contribution is -0.117. The molecule has 1 amide bonds. The molecule has 1 aliphatic rings. The molecule has 2 aromatic heterocycles. The summed E-state index contributed by atoms with van der Waals surface area (Å²) in [5.74, 6) is 0.948. The highest BCUT2D eigenvalue weighted by Crippen LogP contribution is 2.26. The molecule has 0 bridgehead atoms. The minimum absolute atomic E-state index is 0.0381. The smallest absolute Gasteiger partial charge is 0.239 e. The summed E-state index contributed by atoms with van der Waals surface area (Å²) in [4.78, 5) is 15.9. The highest BCUT2D eigenvalue weighted by molar-refractivity contribution is 7.09. The van der Waals surface area contributed by atoms with Crippen molar-refractivity contribution in [1.29, 1.82) is 0 Å². The number of nitrogens with one attached hydrogen (secondary N) is 1. The Morgan fingerprint density at radius 2 is 2.04 bits per heavy atom. The first-order valence-corrected chi connectivity index (χ1v) is 9.94. The van der Waals surface area contributed by atoms with Gasteiger partial charge in [-0.15, -0.1) is 11.3 Å². The van der Waals surface area contributed by atoms with Crippen LogP contribution in [0.5, 0.6) is 0 Å². The van der Waals surface area contributed by atoms with Crippen molar-refractivity contribution in [3.8, 4) is 0 Å². The van der Waals surface area contributed by atoms with Gasteiger partial charge in [-0.3, -0.25) is 9.69 Å². The molecular formula is C20H23N5OS. The number of carbonyl (C=O) groups excluding carboxylic acids is 1. The van der Waals surface area contributed by atoms with E-state index in [0.29, 0.717) is 13.1 Å². The summed E-state index contributed by atoms with van der Waals surface area (Å²) in [6.45, 7) is 2.51. The maximum atomic E-state index is 12.5. The van der Waals surface area contributed by atoms with Crippen LogP contribution in [0.2, 0.25) is 0 Å². The van der Waals surface area contributed by atoms with E-state index in [2.05, 4.69) is 33.5 Å². The van der Waals surface area contributed by atoms with Crippen molar-refractivity contribution < 1.29 is 4.79 Å². The first kappa shape index (κ1) is 17.9. The molecule has 1 aromatic carbocycles. The number of thiophene rings is 1. The van der Waals surface area contributed by atoms with Gasteiger partial charge in [0.15, 0.2) is 0 Å². The maximum absolute atomic E-state index is 12.5. The van der Waals surface area contributed by atoms with Gasteiger partial charge in [-0.05, 0) is 17.0 Å². The number of anilines is 1. The van der Waals surface area contributed by atoms with Crippen molar-refractivity contribution in [1.82, 2.24) is 14.7 Å². The van der Waals surface area contributed by atoms with Crippen LogP contribution in [0.1, 0.15) is 16.4 Å². The Morgan fingerprint density at radius 3 is 2.81 bits per heavy atom. The molecule has 6 nitrogen and oxygen atoms in total. The molecule has 3 heterocycles. The normalized spacial score (nSPS) is 20.0. The molecule has 1 fully saturated rings. The molecule has 7 heteroatoms. The minimum Gasteiger partial charge on any atom is -0.326 e. The fourth-order valence-electron chi connectivity index (χ4n) is 3.60. The van der Waals surface area contributed by atoms with E-state index in [9.17, 15) is 4.79 Å². The lowest BCUT2D eigenvalue weighted by atomic mass is 9.95. The van der Waals surface area contributed by atoms with E-state index in [1.807, 2.05) is 40.4 Å². The van der Waals surface area contributed by atoms with Gasteiger partial charge < -0.3 is 11.1 Å². The molecule has 2 atom stereocenters. The zero-order valence-corrected chi connectivity index (χ0v) is 15.8. The second-order valence-electron chi connectivity index (χ2n) is 6.88. The van der Waals surface area contributed by atoms with Gasteiger partial charge in [0.25, 0.3) is 0 Å². The van der Waals surface area contributed by atoms with Crippen LogP contribution in [0.15, 0.2) is 60.1 Å². The third kappa shape index (κ3) is 4.27. The average molecular weight is 382 g/mol. The van der Waals surface area contributed by atoms with Crippen LogP contribution in [0.3, 0.4) is 0 Å². The van der Waals surface area contributed by atoms with Crippen molar-refractivity contribution in [3.05, 3.63) is 70.5 Å². The van der Waals surface area contributed by atoms with Crippen molar-refractivity contribution >= 4 is 23.1 Å². The molecule has 1 saturated heterocycles. The summed E-state index contributed by atoms with van der Waals surface area (Å²) < 4.78 is 1.81. The van der Waals surface area contributed by atoms with Crippen LogP contribution in [0.25, 0.3) is 0 Å². The number of carbonyl (C=O) groups is 1. The SMILES string of the molecule is N[C@@H]1CN(CC(=O)Nc2ccnn2Cc2cccs2)C[C@H]1c1ccccc1. The van der Waals surface area contributed by atoms with Gasteiger partial charge in [0, 0.05) is 36.0 Å². The van der Waals surface area contributed by atoms with Crippen LogP contribution in [-0.2, 0) is 11.3 Å². The van der Waals surface area contributed by atoms with Gasteiger partial charge in [-0.2, -0.15) is 5.10 Å². The van der Waals surface area contributed by atoms with E-state index >= 15 is 0 Å². The average Bonchev–Trinajstić information content (AvgIpc) is 3.39. The van der Waals surface area contributed by atoms with Crippen molar-refractivity contribution in [2.24, 2.45) is 5.73 Å². The zero-order valence-electron chi connectivity index (χ0n) is 15.0. The maximum Gasteiger partial charge on any atom is 0.239 e. The van der Waals surface area contributed by atoms with E-state index < -0.39 is 0 Å². The summed E-state index contributed by atoms with van der Waals surface area (Å²) in [5.41, 5.74) is 7.56. The zero-order chi connectivity index (χ0) is 18.6. The molecule has 0 aliphatic carbocycles. The summed E-state index contributed by atoms with van der Waals surface area (Å²) in [5, 5.41) is 9.34. The van der Waals surface area contributed by atoms with E-state index in [-0.39, 0.29) is 17.9 Å². The quantitative estimate of drug-likeness (QED) is 0.687. The second kappa shape index (κ2) is 8.04. The number of hydrogen-bond acceptors (Lipinski definition) is 5. The summed E-state index contributed by atoms with van der Waals surface area (Å²) >= 11 is 1.68. The van der Waals surface area contributed by atoms with E-state index in [0.717, 1.165) is 18.9 Å². The number of amides is 1. The molecule has 3 aromatic rings. The third-order valence-corrected chi connectivity index (χ3v) is 5.77. The Morgan fingerprint density at radius 1 is 1.19 bits per heavy atom. The lowest BCUT2D eigenvalue weighted by Gasteiger charge is -2.16. The van der Waals surface area contributed by atoms with Gasteiger partial charge in [0.1, 0.15) is 5.82 Å². The molecule has 3 N–H and O–H groups in total. The molecular weight excluding hydrogens is 358 g/mol. The number of benzene rings is 1. The number of nitrogens with two attached hydrogens (primary N) is 1. The Kier molecular flexibility index (Phi) is 5.33. The largest absolute Gasteiger partial charge is 0.326 e. The Labute approximate surface area is 162 Å². The molecule has 0 saturated carbocycles. The predicted octanol–water partition coefficient (Wildman–Crippen LogP) is 2.36. The van der Waals surface area contributed by atoms with Crippen LogP contribution in [0, 0.1) is 0 Å². The van der Waals surface area contributed by atoms with Gasteiger partial charge in [0.2, 0.25) is 5.91 Å². The number of likely N-dealkylation sites (tertiary alicyclic amines) is 1. The van der Waals surface area contributed by atoms with Crippen LogP contribution >= 0.6 is 11.3 Å². The molecule has 0 spiro atoms. The van der Waals surface area contributed by atoms with Gasteiger partial charge >= 0.3 is 0 Å². The fraction of sp³-hybridized carbons (Fsp3) is 0.300. The number of aromatic nitrogens is 2. The van der Waals surface area contributed by atoms with E-state index in [4.69, 9.17) is 5.73 Å².